The van der Waals surface area contributed by atoms with Crippen molar-refractivity contribution in [1.82, 2.24) is 0 Å². The van der Waals surface area contributed by atoms with Gasteiger partial charge < -0.3 is 20.0 Å². The third-order valence-electron chi connectivity index (χ3n) is 20.3. The van der Waals surface area contributed by atoms with Crippen molar-refractivity contribution in [2.45, 2.75) is 129 Å². The number of halogens is 78. The van der Waals surface area contributed by atoms with Gasteiger partial charge in [0.15, 0.2) is 0 Å². The summed E-state index contributed by atoms with van der Waals surface area (Å²) in [6.07, 6.45) is 10.2. The van der Waals surface area contributed by atoms with Crippen LogP contribution in [-0.4, -0.2) is 11.1 Å². The van der Waals surface area contributed by atoms with E-state index in [0.717, 1.165) is 16.4 Å². The number of rotatable bonds is 44. The second-order valence-electron chi connectivity index (χ2n) is 28.2. The topological polar surface area (TPSA) is 21.8 Å². The fourth-order valence-electron chi connectivity index (χ4n) is 14.8. The number of nitrogens with zero attached hydrogens (tertiary/aromatic N) is 3. The van der Waals surface area contributed by atoms with Crippen LogP contribution < -0.4 is 33.3 Å². The molecule has 0 bridgehead atoms. The van der Waals surface area contributed by atoms with Crippen molar-refractivity contribution in [3.63, 3.8) is 0 Å². The summed E-state index contributed by atoms with van der Waals surface area (Å²) >= 11 is 138. The van der Waals surface area contributed by atoms with E-state index in [1.807, 2.05) is 66.7 Å². The average Bonchev–Trinajstić information content (AvgIpc) is 1.53. The van der Waals surface area contributed by atoms with Gasteiger partial charge in [0, 0.05) is 67.0 Å². The number of hydrogen-bond donors (Lipinski definition) is 1. The maximum absolute atomic E-state index is 6.34. The van der Waals surface area contributed by atoms with Crippen molar-refractivity contribution in [1.29, 1.82) is 0 Å². The van der Waals surface area contributed by atoms with E-state index in [4.69, 9.17) is 11.6 Å². The second-order valence-corrected chi connectivity index (χ2v) is 1850. The predicted octanol–water partition coefficient (Wildman–Crippen LogP) is 84.0. The maximum atomic E-state index is 6.34. The van der Waals surface area contributed by atoms with Crippen LogP contribution in [0.2, 0.25) is 5.02 Å². The number of aryl methyl sites for hydroxylation is 4. The van der Waals surface area contributed by atoms with Crippen LogP contribution in [0.5, 0.6) is 0 Å². The molecule has 0 amide bonds. The molecule has 2 aliphatic heterocycles. The van der Waals surface area contributed by atoms with Gasteiger partial charge in [-0.05, 0) is 198 Å². The molecule has 150 heavy (non-hydrogen) atoms. The Hall–Kier alpha value is 49.5. The van der Waals surface area contributed by atoms with Crippen LogP contribution in [0, 0.1) is 27.7 Å². The van der Waals surface area contributed by atoms with E-state index in [1.165, 1.54) is 113 Å². The van der Waals surface area contributed by atoms with Crippen LogP contribution in [0.4, 0.5) is 51.2 Å². The monoisotopic (exact) mass is 10800 g/mol. The molecule has 8 aromatic rings. The van der Waals surface area contributed by atoms with Gasteiger partial charge in [-0.25, -0.2) is 0 Å². The molecule has 2 aliphatic carbocycles. The van der Waals surface area contributed by atoms with Crippen molar-refractivity contribution in [3.8, 4) is 0 Å². The average molecular weight is 10800 g/mol. The van der Waals surface area contributed by atoms with Crippen LogP contribution in [0.1, 0.15) is 112 Å². The Kier molecular flexibility index (Phi) is 117. The van der Waals surface area contributed by atoms with E-state index >= 15 is 0 Å². The van der Waals surface area contributed by atoms with Gasteiger partial charge in [0.1, 0.15) is 0 Å². The van der Waals surface area contributed by atoms with Gasteiger partial charge in [-0.2, -0.15) is 0 Å². The van der Waals surface area contributed by atoms with Crippen molar-refractivity contribution < 1.29 is 13.3 Å². The summed E-state index contributed by atoms with van der Waals surface area (Å²) in [5, 5.41) is 4.12. The summed E-state index contributed by atoms with van der Waals surface area (Å²) in [6.45, 7) is 19.0. The van der Waals surface area contributed by atoms with Crippen LogP contribution in [-0.2, 0) is 10.8 Å². The van der Waals surface area contributed by atoms with Gasteiger partial charge in [-0.3, -0.25) is 0 Å². The third kappa shape index (κ3) is 55.2. The summed E-state index contributed by atoms with van der Waals surface area (Å²) in [5.74, 6) is 0. The van der Waals surface area contributed by atoms with Crippen LogP contribution in [0.3, 0.4) is 0 Å². The molecule has 12 rings (SSSR count). The molecule has 2 heterocycles. The summed E-state index contributed by atoms with van der Waals surface area (Å²) in [5.41, 5.74) is 20.2. The molecule has 0 saturated heterocycles. The third-order valence-corrected chi connectivity index (χ3v) is 6050. The van der Waals surface area contributed by atoms with Crippen LogP contribution in [0.15, 0.2) is 194 Å². The minimum atomic E-state index is -0.633. The summed E-state index contributed by atoms with van der Waals surface area (Å²) in [7, 11) is -21.5. The number of benzene rings is 8. The molecule has 8 aromatic carbocycles. The van der Waals surface area contributed by atoms with Crippen molar-refractivity contribution in [2.75, 3.05) is 20.0 Å². The zero-order valence-electron chi connectivity index (χ0n) is 73.5. The zero-order valence-corrected chi connectivity index (χ0v) is 240. The molecule has 4 nitrogen and oxygen atoms in total. The van der Waals surface area contributed by atoms with Gasteiger partial charge in [-0.1, -0.05) is 148 Å². The molecule has 912 valence electrons. The van der Waals surface area contributed by atoms with Crippen LogP contribution >= 0.6 is 1030 Å². The number of fused-ring (bicyclic) bond motifs is 6. The van der Waals surface area contributed by atoms with E-state index in [0.29, 0.717) is 13.3 Å². The minimum Gasteiger partial charge on any atom is -0.356 e. The van der Waals surface area contributed by atoms with Crippen molar-refractivity contribution in [2.24, 2.45) is 0 Å². The number of hydrogen-bond acceptors (Lipinski definition) is 4. The Bertz CT molecular complexity index is 5400. The van der Waals surface area contributed by atoms with Crippen molar-refractivity contribution >= 4 is 1080 Å². The standard InChI is InChI=1S/C34H36N2.C22H26ClN.C12H11N.I77/c1-25-22-26(2)32-31(23-25)36(34(4)21-12-11-20-33(32,34)3)30-19-13-18-29(24-30)35(27-14-7-5-8-15-27)28-16-9-6-10-17-28;1-15-12-16(2)20-19(13-15)24(18-9-7-8-17(23)14-18)22(4)11-6-5-10-21(20,22)3;1-3-7-11(8-4-1)13-12-9-5-2-6-10-12;1-40-42(4)44(6)46(8)48(10)50(12)52(14)54(16)56(18)58(20)60(22)62(24)64(26)66(28)68(30)70(32)72(34)74(36)76(38)77(39)75(37)73(35)71(33)69(31)67(29)65(27)63(25)61(23)59(21)57(19)55(17)53(15)51(13)49(11)47(9)45(7)43(5)41(2)3/h5-10,13-19,22-24H,11-12,20-21H2,1-4H3;7-9,12-14H,5-6,10-11H2,1-4H3;1-10,13H;/q;;;-1. The first-order valence-electron chi connectivity index (χ1n) is 37.6. The molecule has 1 N–H and O–H groups in total. The first-order valence-corrected chi connectivity index (χ1v) is 516. The summed E-state index contributed by atoms with van der Waals surface area (Å²) < 4.78 is 0. The zero-order chi connectivity index (χ0) is 112. The molecule has 82 heteroatoms. The fourth-order valence-corrected chi connectivity index (χ4v) is 14900. The molecular weight excluding hydrogens is 10700 g/mol. The Morgan fingerprint density at radius 2 is 0.487 bits per heavy atom. The Morgan fingerprint density at radius 1 is 0.260 bits per heavy atom. The van der Waals surface area contributed by atoms with Gasteiger partial charge in [0.05, 0.1) is 11.1 Å². The Labute approximate surface area is 1410 Å². The van der Waals surface area contributed by atoms with E-state index in [-0.39, 0.29) is 21.9 Å². The summed E-state index contributed by atoms with van der Waals surface area (Å²) in [6, 6.07) is 68.8. The molecule has 4 aliphatic rings. The smallest absolute Gasteiger partial charge is 0.0384 e. The first kappa shape index (κ1) is 183. The fraction of sp³-hybridized carbons (Fsp3) is 0.294. The SMILES string of the molecule is Cc1cc(C)c2c(c1)N(c1cccc(Cl)c1)C1(C)CCCCC21C.Cc1cc(C)c2c(c1)N(c1cccc(N(c3ccccc3)c3ccccc3)c1)C1(C)CCCCC21C.I[I-]I(I)I(I)I(I)I(I)I(I)I(I)I(I)I(I)I(I)I(I)I(I)I(I)I(I)I(I)I(I)I(I)I(I)I(I)I(I)I(I)I(I)I(I)I(I)I(I)I(I)I(I)I(I)I(I)I(I)I(I)I(I)I(I)I(I)I(I)I(I)I(I)I(I)I.c1ccc(Nc2ccccc2)cc1. The predicted molar refractivity (Wildman–Crippen MR) is 1380 cm³/mol. The second kappa shape index (κ2) is 96.3. The van der Waals surface area contributed by atoms with E-state index in [1.54, 1.807) is 11.1 Å². The Balaban J connectivity index is 0.000000271. The largest absolute Gasteiger partial charge is 0.356 e. The molecule has 0 spiro atoms. The van der Waals surface area contributed by atoms with Crippen LogP contribution in [0.25, 0.3) is 0 Å². The molecule has 2 saturated carbocycles. The van der Waals surface area contributed by atoms with E-state index in [9.17, 15) is 0 Å². The number of nitrogens with one attached hydrogen (secondary N) is 1. The normalized spacial score (nSPS) is 20.6. The quantitative estimate of drug-likeness (QED) is 0.0384. The van der Waals surface area contributed by atoms with Gasteiger partial charge in [0.25, 0.3) is 0 Å². The van der Waals surface area contributed by atoms with E-state index in [2.05, 4.69) is 929 Å². The molecular formula is C68H73ClI77N4-. The molecule has 4 atom stereocenters. The molecule has 4 unspecified atom stereocenters. The molecule has 0 radical (unpaired) electrons. The molecule has 0 aromatic heterocycles. The van der Waals surface area contributed by atoms with Crippen molar-refractivity contribution in [3.05, 3.63) is 233 Å². The molecule has 2 fully saturated rings. The van der Waals surface area contributed by atoms with Gasteiger partial charge in [-0.15, -0.1) is 0 Å². The minimum absolute atomic E-state index is 0.0507. The van der Waals surface area contributed by atoms with E-state index < -0.39 is 292 Å². The first-order chi connectivity index (χ1) is 70.3. The van der Waals surface area contributed by atoms with Gasteiger partial charge in [0.2, 0.25) is 0 Å². The van der Waals surface area contributed by atoms with Gasteiger partial charge >= 0.3 is 1030 Å². The Morgan fingerprint density at radius 3 is 0.740 bits per heavy atom. The number of anilines is 9. The summed E-state index contributed by atoms with van der Waals surface area (Å²) in [4.78, 5) is 7.65. The number of para-hydroxylation sites is 4. The maximum Gasteiger partial charge on any atom is 0.0384 e.